The summed E-state index contributed by atoms with van der Waals surface area (Å²) in [6, 6.07) is 0.385. The smallest absolute Gasteiger partial charge is 0.221 e. The van der Waals surface area contributed by atoms with E-state index in [1.807, 2.05) is 11.8 Å². The van der Waals surface area contributed by atoms with Crippen LogP contribution in [0.4, 0.5) is 0 Å². The van der Waals surface area contributed by atoms with Crippen LogP contribution in [0.1, 0.15) is 32.6 Å². The average molecular weight is 242 g/mol. The lowest BCUT2D eigenvalue weighted by atomic mass is 10.0. The summed E-state index contributed by atoms with van der Waals surface area (Å²) in [6.45, 7) is 4.15. The molecular weight excluding hydrogens is 220 g/mol. The zero-order chi connectivity index (χ0) is 11.4. The van der Waals surface area contributed by atoms with Crippen LogP contribution in [0.2, 0.25) is 0 Å². The molecule has 92 valence electrons. The van der Waals surface area contributed by atoms with Crippen LogP contribution in [-0.4, -0.2) is 36.5 Å². The molecule has 1 unspecified atom stereocenters. The Bertz CT molecular complexity index is 247. The van der Waals surface area contributed by atoms with Gasteiger partial charge in [-0.3, -0.25) is 4.79 Å². The van der Waals surface area contributed by atoms with Crippen LogP contribution in [-0.2, 0) is 4.79 Å². The SMILES string of the molecule is CCC1(CNC(=O)CC2CSCCN2)CC1. The van der Waals surface area contributed by atoms with Gasteiger partial charge in [-0.2, -0.15) is 11.8 Å². The van der Waals surface area contributed by atoms with Crippen LogP contribution in [0.15, 0.2) is 0 Å². The Balaban J connectivity index is 1.64. The summed E-state index contributed by atoms with van der Waals surface area (Å²) in [5.74, 6) is 2.48. The molecule has 1 heterocycles. The minimum absolute atomic E-state index is 0.222. The van der Waals surface area contributed by atoms with E-state index >= 15 is 0 Å². The molecule has 2 fully saturated rings. The molecule has 2 rings (SSSR count). The van der Waals surface area contributed by atoms with Crippen molar-refractivity contribution in [2.24, 2.45) is 5.41 Å². The first kappa shape index (κ1) is 12.2. The molecule has 1 aliphatic heterocycles. The summed E-state index contributed by atoms with van der Waals surface area (Å²) >= 11 is 1.94. The highest BCUT2D eigenvalue weighted by Gasteiger charge is 2.40. The number of nitrogens with one attached hydrogen (secondary N) is 2. The Morgan fingerprint density at radius 3 is 2.94 bits per heavy atom. The van der Waals surface area contributed by atoms with Gasteiger partial charge in [-0.15, -0.1) is 0 Å². The molecule has 4 heteroatoms. The largest absolute Gasteiger partial charge is 0.355 e. The van der Waals surface area contributed by atoms with Gasteiger partial charge in [-0.1, -0.05) is 6.92 Å². The zero-order valence-corrected chi connectivity index (χ0v) is 10.9. The van der Waals surface area contributed by atoms with Crippen LogP contribution < -0.4 is 10.6 Å². The minimum Gasteiger partial charge on any atom is -0.355 e. The van der Waals surface area contributed by atoms with Gasteiger partial charge in [0, 0.05) is 37.1 Å². The first-order chi connectivity index (χ1) is 7.74. The Labute approximate surface area is 102 Å². The molecule has 16 heavy (non-hydrogen) atoms. The second-order valence-corrected chi connectivity index (χ2v) is 6.21. The Kier molecular flexibility index (Phi) is 4.14. The maximum Gasteiger partial charge on any atom is 0.221 e. The van der Waals surface area contributed by atoms with Crippen molar-refractivity contribution in [1.82, 2.24) is 10.6 Å². The Morgan fingerprint density at radius 1 is 1.56 bits per heavy atom. The fourth-order valence-corrected chi connectivity index (χ4v) is 3.11. The first-order valence-corrected chi connectivity index (χ1v) is 7.47. The van der Waals surface area contributed by atoms with Gasteiger partial charge in [0.2, 0.25) is 5.91 Å². The van der Waals surface area contributed by atoms with E-state index in [1.165, 1.54) is 25.0 Å². The summed E-state index contributed by atoms with van der Waals surface area (Å²) in [5, 5.41) is 6.49. The normalized spacial score (nSPS) is 27.4. The van der Waals surface area contributed by atoms with Crippen LogP contribution in [0.5, 0.6) is 0 Å². The molecule has 1 aliphatic carbocycles. The summed E-state index contributed by atoms with van der Waals surface area (Å²) in [4.78, 5) is 11.7. The van der Waals surface area contributed by atoms with Crippen molar-refractivity contribution in [1.29, 1.82) is 0 Å². The molecule has 0 spiro atoms. The van der Waals surface area contributed by atoms with Crippen LogP contribution in [0, 0.1) is 5.41 Å². The molecule has 2 N–H and O–H groups in total. The van der Waals surface area contributed by atoms with Gasteiger partial charge in [-0.05, 0) is 24.7 Å². The van der Waals surface area contributed by atoms with Gasteiger partial charge in [0.25, 0.3) is 0 Å². The standard InChI is InChI=1S/C12H22N2OS/c1-2-12(3-4-12)9-14-11(15)7-10-8-16-6-5-13-10/h10,13H,2-9H2,1H3,(H,14,15). The molecule has 0 aromatic heterocycles. The number of carbonyl (C=O) groups excluding carboxylic acids is 1. The predicted octanol–water partition coefficient (Wildman–Crippen LogP) is 1.39. The monoisotopic (exact) mass is 242 g/mol. The fourth-order valence-electron chi connectivity index (χ4n) is 2.16. The molecule has 2 aliphatic rings. The number of carbonyl (C=O) groups is 1. The molecule has 0 aromatic carbocycles. The molecule has 0 bridgehead atoms. The topological polar surface area (TPSA) is 41.1 Å². The fraction of sp³-hybridized carbons (Fsp3) is 0.917. The zero-order valence-electron chi connectivity index (χ0n) is 10.1. The molecule has 1 atom stereocenters. The van der Waals surface area contributed by atoms with Crippen molar-refractivity contribution in [2.45, 2.75) is 38.6 Å². The van der Waals surface area contributed by atoms with Crippen molar-refractivity contribution in [3.8, 4) is 0 Å². The third-order valence-electron chi connectivity index (χ3n) is 3.80. The Hall–Kier alpha value is -0.220. The van der Waals surface area contributed by atoms with E-state index < -0.39 is 0 Å². The van der Waals surface area contributed by atoms with Gasteiger partial charge >= 0.3 is 0 Å². The summed E-state index contributed by atoms with van der Waals surface area (Å²) < 4.78 is 0. The molecule has 3 nitrogen and oxygen atoms in total. The molecular formula is C12H22N2OS. The van der Waals surface area contributed by atoms with E-state index in [1.54, 1.807) is 0 Å². The van der Waals surface area contributed by atoms with Crippen molar-refractivity contribution in [2.75, 3.05) is 24.6 Å². The molecule has 1 saturated carbocycles. The number of hydrogen-bond donors (Lipinski definition) is 2. The van der Waals surface area contributed by atoms with Crippen molar-refractivity contribution < 1.29 is 4.79 Å². The minimum atomic E-state index is 0.222. The van der Waals surface area contributed by atoms with E-state index in [0.29, 0.717) is 17.9 Å². The number of thioether (sulfide) groups is 1. The van der Waals surface area contributed by atoms with Crippen molar-refractivity contribution >= 4 is 17.7 Å². The third kappa shape index (κ3) is 3.39. The number of rotatable bonds is 5. The van der Waals surface area contributed by atoms with E-state index in [2.05, 4.69) is 17.6 Å². The van der Waals surface area contributed by atoms with Gasteiger partial charge in [0.05, 0.1) is 0 Å². The highest BCUT2D eigenvalue weighted by atomic mass is 32.2. The number of hydrogen-bond acceptors (Lipinski definition) is 3. The van der Waals surface area contributed by atoms with Gasteiger partial charge in [-0.25, -0.2) is 0 Å². The van der Waals surface area contributed by atoms with E-state index in [9.17, 15) is 4.79 Å². The molecule has 1 saturated heterocycles. The van der Waals surface area contributed by atoms with E-state index in [-0.39, 0.29) is 5.91 Å². The summed E-state index contributed by atoms with van der Waals surface area (Å²) in [5.41, 5.74) is 0.463. The van der Waals surface area contributed by atoms with Crippen LogP contribution >= 0.6 is 11.8 Å². The predicted molar refractivity (Wildman–Crippen MR) is 68.7 cm³/mol. The third-order valence-corrected chi connectivity index (χ3v) is 4.93. The van der Waals surface area contributed by atoms with E-state index in [4.69, 9.17) is 0 Å². The van der Waals surface area contributed by atoms with Crippen LogP contribution in [0.3, 0.4) is 0 Å². The second-order valence-electron chi connectivity index (χ2n) is 5.06. The molecule has 0 aromatic rings. The maximum absolute atomic E-state index is 11.7. The maximum atomic E-state index is 11.7. The highest BCUT2D eigenvalue weighted by molar-refractivity contribution is 7.99. The highest BCUT2D eigenvalue weighted by Crippen LogP contribution is 2.47. The summed E-state index contributed by atoms with van der Waals surface area (Å²) in [7, 11) is 0. The van der Waals surface area contributed by atoms with Gasteiger partial charge in [0.15, 0.2) is 0 Å². The van der Waals surface area contributed by atoms with Gasteiger partial charge < -0.3 is 10.6 Å². The van der Waals surface area contributed by atoms with Crippen LogP contribution in [0.25, 0.3) is 0 Å². The lowest BCUT2D eigenvalue weighted by Crippen LogP contribution is -2.42. The lowest BCUT2D eigenvalue weighted by Gasteiger charge is -2.23. The number of amides is 1. The lowest BCUT2D eigenvalue weighted by molar-refractivity contribution is -0.121. The van der Waals surface area contributed by atoms with Crippen molar-refractivity contribution in [3.63, 3.8) is 0 Å². The summed E-state index contributed by atoms with van der Waals surface area (Å²) in [6.07, 6.45) is 4.43. The van der Waals surface area contributed by atoms with Crippen molar-refractivity contribution in [3.05, 3.63) is 0 Å². The average Bonchev–Trinajstić information content (AvgIpc) is 3.09. The second kappa shape index (κ2) is 5.41. The first-order valence-electron chi connectivity index (χ1n) is 6.32. The Morgan fingerprint density at radius 2 is 2.38 bits per heavy atom. The molecule has 1 amide bonds. The van der Waals surface area contributed by atoms with Gasteiger partial charge in [0.1, 0.15) is 0 Å². The molecule has 0 radical (unpaired) electrons. The van der Waals surface area contributed by atoms with E-state index in [0.717, 1.165) is 18.8 Å². The quantitative estimate of drug-likeness (QED) is 0.765.